The van der Waals surface area contributed by atoms with E-state index in [1.54, 1.807) is 0 Å². The lowest BCUT2D eigenvalue weighted by atomic mass is 10.0. The van der Waals surface area contributed by atoms with Gasteiger partial charge in [-0.2, -0.15) is 8.78 Å². The van der Waals surface area contributed by atoms with Crippen LogP contribution in [0.25, 0.3) is 0 Å². The molecule has 0 spiro atoms. The van der Waals surface area contributed by atoms with Gasteiger partial charge in [-0.15, -0.1) is 0 Å². The summed E-state index contributed by atoms with van der Waals surface area (Å²) in [7, 11) is 1.46. The Morgan fingerprint density at radius 3 is 2.42 bits per heavy atom. The monoisotopic (exact) mass is 271 g/mol. The van der Waals surface area contributed by atoms with Crippen molar-refractivity contribution in [2.24, 2.45) is 0 Å². The molecular formula is C12H15F2N3O2. The van der Waals surface area contributed by atoms with E-state index in [2.05, 4.69) is 0 Å². The predicted octanol–water partition coefficient (Wildman–Crippen LogP) is 0.800. The van der Waals surface area contributed by atoms with Crippen LogP contribution in [0.2, 0.25) is 0 Å². The van der Waals surface area contributed by atoms with E-state index in [0.717, 1.165) is 12.1 Å². The van der Waals surface area contributed by atoms with Crippen LogP contribution in [0, 0.1) is 0 Å². The number of alkyl halides is 2. The molecule has 0 radical (unpaired) electrons. The van der Waals surface area contributed by atoms with Gasteiger partial charge in [0.1, 0.15) is 12.7 Å². The summed E-state index contributed by atoms with van der Waals surface area (Å²) < 4.78 is 33.6. The Kier molecular flexibility index (Phi) is 3.32. The second-order valence-corrected chi connectivity index (χ2v) is 4.59. The molecule has 1 heterocycles. The number of halogens is 2. The highest BCUT2D eigenvalue weighted by atomic mass is 19.3. The smallest absolute Gasteiger partial charge is 0.300 e. The van der Waals surface area contributed by atoms with Crippen molar-refractivity contribution < 1.29 is 18.3 Å². The lowest BCUT2D eigenvalue weighted by molar-refractivity contribution is -0.182. The Balaban J connectivity index is 2.28. The van der Waals surface area contributed by atoms with Crippen LogP contribution in [0.5, 0.6) is 0 Å². The highest BCUT2D eigenvalue weighted by molar-refractivity contribution is 5.77. The van der Waals surface area contributed by atoms with Gasteiger partial charge < -0.3 is 21.1 Å². The molecule has 0 saturated carbocycles. The van der Waals surface area contributed by atoms with Gasteiger partial charge in [0.15, 0.2) is 0 Å². The van der Waals surface area contributed by atoms with Gasteiger partial charge in [-0.05, 0) is 18.2 Å². The first kappa shape index (κ1) is 13.5. The summed E-state index contributed by atoms with van der Waals surface area (Å²) in [5.74, 6) is -3.59. The summed E-state index contributed by atoms with van der Waals surface area (Å²) in [4.78, 5) is 12.4. The van der Waals surface area contributed by atoms with Crippen molar-refractivity contribution in [1.29, 1.82) is 0 Å². The van der Waals surface area contributed by atoms with E-state index >= 15 is 0 Å². The van der Waals surface area contributed by atoms with Crippen molar-refractivity contribution in [2.75, 3.05) is 31.7 Å². The van der Waals surface area contributed by atoms with Crippen LogP contribution in [0.1, 0.15) is 5.56 Å². The Labute approximate surface area is 109 Å². The molecule has 7 heteroatoms. The average molecular weight is 271 g/mol. The summed E-state index contributed by atoms with van der Waals surface area (Å²) in [5, 5.41) is 0. The van der Waals surface area contributed by atoms with Crippen molar-refractivity contribution in [1.82, 2.24) is 4.90 Å². The number of nitrogens with two attached hydrogens (primary N) is 2. The van der Waals surface area contributed by atoms with Crippen LogP contribution in [0.4, 0.5) is 20.2 Å². The molecule has 1 unspecified atom stereocenters. The predicted molar refractivity (Wildman–Crippen MR) is 66.5 cm³/mol. The molecule has 0 bridgehead atoms. The molecule has 5 nitrogen and oxygen atoms in total. The van der Waals surface area contributed by atoms with Gasteiger partial charge in [-0.3, -0.25) is 4.79 Å². The largest absolute Gasteiger partial charge is 0.399 e. The standard InChI is InChI=1S/C12H15F2N3O2/c1-17-5-10(19-6-11(17)18)12(13,14)7-2-8(15)4-9(16)3-7/h2-4,10H,5-6,15-16H2,1H3. The molecule has 1 aliphatic rings. The van der Waals surface area contributed by atoms with Crippen LogP contribution in [-0.2, 0) is 15.5 Å². The molecule has 1 aromatic rings. The van der Waals surface area contributed by atoms with Crippen LogP contribution >= 0.6 is 0 Å². The minimum atomic E-state index is -3.27. The van der Waals surface area contributed by atoms with Crippen molar-refractivity contribution in [2.45, 2.75) is 12.0 Å². The fourth-order valence-corrected chi connectivity index (χ4v) is 1.96. The summed E-state index contributed by atoms with van der Waals surface area (Å²) in [6.45, 7) is -0.533. The Bertz CT molecular complexity index is 487. The summed E-state index contributed by atoms with van der Waals surface area (Å²) in [5.41, 5.74) is 11.0. The van der Waals surface area contributed by atoms with Gasteiger partial charge in [0.25, 0.3) is 0 Å². The third kappa shape index (κ3) is 2.60. The first-order valence-corrected chi connectivity index (χ1v) is 5.70. The molecule has 19 heavy (non-hydrogen) atoms. The molecule has 1 aromatic carbocycles. The zero-order chi connectivity index (χ0) is 14.2. The molecular weight excluding hydrogens is 256 g/mol. The maximum Gasteiger partial charge on any atom is 0.300 e. The fraction of sp³-hybridized carbons (Fsp3) is 0.417. The van der Waals surface area contributed by atoms with Crippen LogP contribution < -0.4 is 11.5 Å². The normalized spacial score (nSPS) is 20.7. The van der Waals surface area contributed by atoms with Gasteiger partial charge in [0, 0.05) is 24.0 Å². The summed E-state index contributed by atoms with van der Waals surface area (Å²) >= 11 is 0. The molecule has 0 aromatic heterocycles. The highest BCUT2D eigenvalue weighted by Gasteiger charge is 2.45. The molecule has 1 fully saturated rings. The first-order valence-electron chi connectivity index (χ1n) is 5.70. The Morgan fingerprint density at radius 2 is 1.89 bits per heavy atom. The molecule has 1 aliphatic heterocycles. The molecule has 1 atom stereocenters. The van der Waals surface area contributed by atoms with Gasteiger partial charge in [0.05, 0.1) is 6.54 Å². The zero-order valence-electron chi connectivity index (χ0n) is 10.4. The third-order valence-electron chi connectivity index (χ3n) is 3.04. The quantitative estimate of drug-likeness (QED) is 0.779. The molecule has 104 valence electrons. The van der Waals surface area contributed by atoms with Gasteiger partial charge in [-0.1, -0.05) is 0 Å². The number of morpholine rings is 1. The van der Waals surface area contributed by atoms with Gasteiger partial charge >= 0.3 is 5.92 Å². The van der Waals surface area contributed by atoms with E-state index < -0.39 is 12.0 Å². The molecule has 1 saturated heterocycles. The summed E-state index contributed by atoms with van der Waals surface area (Å²) in [6, 6.07) is 3.73. The van der Waals surface area contributed by atoms with E-state index in [9.17, 15) is 13.6 Å². The van der Waals surface area contributed by atoms with E-state index in [1.165, 1.54) is 18.0 Å². The molecule has 1 amide bonds. The van der Waals surface area contributed by atoms with Gasteiger partial charge in [-0.25, -0.2) is 0 Å². The second-order valence-electron chi connectivity index (χ2n) is 4.59. The summed E-state index contributed by atoms with van der Waals surface area (Å²) in [6.07, 6.45) is -1.41. The van der Waals surface area contributed by atoms with Crippen molar-refractivity contribution >= 4 is 17.3 Å². The lowest BCUT2D eigenvalue weighted by Gasteiger charge is -2.34. The van der Waals surface area contributed by atoms with Crippen LogP contribution in [0.15, 0.2) is 18.2 Å². The first-order chi connectivity index (χ1) is 8.80. The average Bonchev–Trinajstić information content (AvgIpc) is 2.31. The zero-order valence-corrected chi connectivity index (χ0v) is 10.4. The van der Waals surface area contributed by atoms with Crippen molar-refractivity contribution in [3.63, 3.8) is 0 Å². The van der Waals surface area contributed by atoms with Gasteiger partial charge in [0.2, 0.25) is 5.91 Å². The van der Waals surface area contributed by atoms with E-state index in [-0.39, 0.29) is 36.0 Å². The second kappa shape index (κ2) is 4.65. The maximum absolute atomic E-state index is 14.3. The number of hydrogen-bond donors (Lipinski definition) is 2. The minimum Gasteiger partial charge on any atom is -0.399 e. The molecule has 2 rings (SSSR count). The Morgan fingerprint density at radius 1 is 1.32 bits per heavy atom. The number of carbonyl (C=O) groups excluding carboxylic acids is 1. The number of benzene rings is 1. The topological polar surface area (TPSA) is 81.6 Å². The number of likely N-dealkylation sites (N-methyl/N-ethyl adjacent to an activating group) is 1. The molecule has 0 aliphatic carbocycles. The highest BCUT2D eigenvalue weighted by Crippen LogP contribution is 2.36. The number of rotatable bonds is 2. The number of amides is 1. The van der Waals surface area contributed by atoms with Crippen LogP contribution in [-0.4, -0.2) is 37.1 Å². The number of anilines is 2. The van der Waals surface area contributed by atoms with Crippen LogP contribution in [0.3, 0.4) is 0 Å². The number of carbonyl (C=O) groups is 1. The van der Waals surface area contributed by atoms with E-state index in [4.69, 9.17) is 16.2 Å². The third-order valence-corrected chi connectivity index (χ3v) is 3.04. The van der Waals surface area contributed by atoms with E-state index in [0.29, 0.717) is 0 Å². The molecule has 4 N–H and O–H groups in total. The SMILES string of the molecule is CN1CC(C(F)(F)c2cc(N)cc(N)c2)OCC1=O. The fourth-order valence-electron chi connectivity index (χ4n) is 1.96. The number of hydrogen-bond acceptors (Lipinski definition) is 4. The Hall–Kier alpha value is -1.89. The number of nitrogens with zero attached hydrogens (tertiary/aromatic N) is 1. The lowest BCUT2D eigenvalue weighted by Crippen LogP contribution is -2.50. The number of ether oxygens (including phenoxy) is 1. The van der Waals surface area contributed by atoms with E-state index in [1.807, 2.05) is 0 Å². The van der Waals surface area contributed by atoms with Crippen molar-refractivity contribution in [3.05, 3.63) is 23.8 Å². The minimum absolute atomic E-state index is 0.162. The van der Waals surface area contributed by atoms with Crippen molar-refractivity contribution in [3.8, 4) is 0 Å². The maximum atomic E-state index is 14.3. The number of nitrogen functional groups attached to an aromatic ring is 2.